The largest absolute Gasteiger partial charge is 0.495 e. The van der Waals surface area contributed by atoms with E-state index in [9.17, 15) is 4.79 Å². The number of hydrogen-bond acceptors (Lipinski definition) is 4. The first-order valence-electron chi connectivity index (χ1n) is 7.50. The van der Waals surface area contributed by atoms with Crippen LogP contribution in [-0.2, 0) is 0 Å². The van der Waals surface area contributed by atoms with Gasteiger partial charge in [-0.05, 0) is 52.3 Å². The molecule has 0 saturated carbocycles. The fourth-order valence-corrected chi connectivity index (χ4v) is 3.33. The summed E-state index contributed by atoms with van der Waals surface area (Å²) in [4.78, 5) is 17.9. The molecule has 1 heterocycles. The number of methoxy groups -OCH3 is 1. The van der Waals surface area contributed by atoms with Gasteiger partial charge in [0.1, 0.15) is 10.8 Å². The first-order chi connectivity index (χ1) is 12.2. The molecule has 1 amide bonds. The maximum Gasteiger partial charge on any atom is 0.256 e. The zero-order valence-corrected chi connectivity index (χ0v) is 15.8. The fraction of sp³-hybridized carbons (Fsp3) is 0.0526. The lowest BCUT2D eigenvalue weighted by molar-refractivity contribution is 0.102. The minimum Gasteiger partial charge on any atom is -0.495 e. The average Bonchev–Trinajstić information content (AvgIpc) is 2.64. The van der Waals surface area contributed by atoms with Gasteiger partial charge in [0.05, 0.1) is 18.4 Å². The van der Waals surface area contributed by atoms with Crippen molar-refractivity contribution in [1.82, 2.24) is 4.98 Å². The van der Waals surface area contributed by atoms with E-state index in [0.29, 0.717) is 17.0 Å². The van der Waals surface area contributed by atoms with Crippen LogP contribution in [0.25, 0.3) is 0 Å². The molecular formula is C19H15BrN2O2S. The molecule has 0 bridgehead atoms. The third kappa shape index (κ3) is 4.41. The number of carbonyl (C=O) groups is 1. The van der Waals surface area contributed by atoms with Crippen molar-refractivity contribution in [2.75, 3.05) is 12.4 Å². The average molecular weight is 415 g/mol. The number of ether oxygens (including phenoxy) is 1. The molecule has 25 heavy (non-hydrogen) atoms. The number of amides is 1. The van der Waals surface area contributed by atoms with Crippen molar-refractivity contribution in [3.8, 4) is 5.75 Å². The summed E-state index contributed by atoms with van der Waals surface area (Å²) in [7, 11) is 1.58. The highest BCUT2D eigenvalue weighted by molar-refractivity contribution is 9.10. The molecule has 0 aliphatic rings. The maximum atomic E-state index is 12.7. The van der Waals surface area contributed by atoms with E-state index in [1.54, 1.807) is 19.4 Å². The van der Waals surface area contributed by atoms with Crippen molar-refractivity contribution in [2.24, 2.45) is 0 Å². The third-order valence-electron chi connectivity index (χ3n) is 3.40. The van der Waals surface area contributed by atoms with E-state index >= 15 is 0 Å². The molecule has 1 aromatic heterocycles. The quantitative estimate of drug-likeness (QED) is 0.618. The van der Waals surface area contributed by atoms with E-state index in [1.165, 1.54) is 11.8 Å². The molecule has 126 valence electrons. The highest BCUT2D eigenvalue weighted by Crippen LogP contribution is 2.31. The van der Waals surface area contributed by atoms with Gasteiger partial charge in [-0.1, -0.05) is 36.0 Å². The lowest BCUT2D eigenvalue weighted by Gasteiger charge is -2.12. The summed E-state index contributed by atoms with van der Waals surface area (Å²) in [6.07, 6.45) is 1.74. The summed E-state index contributed by atoms with van der Waals surface area (Å²) in [5.41, 5.74) is 1.22. The molecule has 0 fully saturated rings. The zero-order chi connectivity index (χ0) is 17.6. The molecule has 0 unspecified atom stereocenters. The summed E-state index contributed by atoms with van der Waals surface area (Å²) < 4.78 is 6.20. The van der Waals surface area contributed by atoms with Gasteiger partial charge >= 0.3 is 0 Å². The van der Waals surface area contributed by atoms with Crippen LogP contribution < -0.4 is 10.1 Å². The summed E-state index contributed by atoms with van der Waals surface area (Å²) >= 11 is 4.82. The molecule has 6 heteroatoms. The van der Waals surface area contributed by atoms with Gasteiger partial charge < -0.3 is 10.1 Å². The van der Waals surface area contributed by atoms with Gasteiger partial charge in [-0.15, -0.1) is 0 Å². The number of pyridine rings is 1. The molecule has 0 atom stereocenters. The second-order valence-electron chi connectivity index (χ2n) is 5.07. The van der Waals surface area contributed by atoms with Crippen LogP contribution in [0.4, 0.5) is 5.69 Å². The number of benzene rings is 2. The van der Waals surface area contributed by atoms with Crippen molar-refractivity contribution in [3.05, 3.63) is 76.9 Å². The van der Waals surface area contributed by atoms with E-state index in [0.717, 1.165) is 14.4 Å². The van der Waals surface area contributed by atoms with Crippen molar-refractivity contribution < 1.29 is 9.53 Å². The van der Waals surface area contributed by atoms with Crippen LogP contribution in [0.2, 0.25) is 0 Å². The number of nitrogens with one attached hydrogen (secondary N) is 1. The zero-order valence-electron chi connectivity index (χ0n) is 13.4. The van der Waals surface area contributed by atoms with Crippen LogP contribution in [0.15, 0.2) is 81.3 Å². The maximum absolute atomic E-state index is 12.7. The Kier molecular flexibility index (Phi) is 5.73. The second kappa shape index (κ2) is 8.18. The summed E-state index contributed by atoms with van der Waals surface area (Å²) in [5.74, 6) is 0.431. The molecule has 0 saturated heterocycles. The number of anilines is 1. The van der Waals surface area contributed by atoms with E-state index in [4.69, 9.17) is 4.74 Å². The lowest BCUT2D eigenvalue weighted by atomic mass is 10.2. The molecule has 1 N–H and O–H groups in total. The number of rotatable bonds is 5. The van der Waals surface area contributed by atoms with Crippen molar-refractivity contribution in [3.63, 3.8) is 0 Å². The first-order valence-corrected chi connectivity index (χ1v) is 9.11. The number of aromatic nitrogens is 1. The Balaban J connectivity index is 1.84. The van der Waals surface area contributed by atoms with Crippen LogP contribution in [0, 0.1) is 0 Å². The molecule has 0 radical (unpaired) electrons. The predicted molar refractivity (Wildman–Crippen MR) is 103 cm³/mol. The van der Waals surface area contributed by atoms with Gasteiger partial charge in [0.2, 0.25) is 0 Å². The minimum atomic E-state index is -0.190. The molecular weight excluding hydrogens is 400 g/mol. The predicted octanol–water partition coefficient (Wildman–Crippen LogP) is 5.26. The van der Waals surface area contributed by atoms with Gasteiger partial charge in [-0.3, -0.25) is 4.79 Å². The van der Waals surface area contributed by atoms with E-state index in [-0.39, 0.29) is 5.91 Å². The smallest absolute Gasteiger partial charge is 0.256 e. The van der Waals surface area contributed by atoms with Crippen molar-refractivity contribution in [2.45, 2.75) is 9.92 Å². The van der Waals surface area contributed by atoms with Crippen molar-refractivity contribution >= 4 is 39.3 Å². The number of carbonyl (C=O) groups excluding carboxylic acids is 1. The monoisotopic (exact) mass is 414 g/mol. The molecule has 2 aromatic carbocycles. The van der Waals surface area contributed by atoms with Crippen LogP contribution in [0.3, 0.4) is 0 Å². The molecule has 4 nitrogen and oxygen atoms in total. The normalized spacial score (nSPS) is 10.3. The molecule has 3 aromatic rings. The van der Waals surface area contributed by atoms with Crippen LogP contribution in [-0.4, -0.2) is 18.0 Å². The second-order valence-corrected chi connectivity index (χ2v) is 7.05. The minimum absolute atomic E-state index is 0.190. The van der Waals surface area contributed by atoms with E-state index < -0.39 is 0 Å². The SMILES string of the molecule is COc1ccccc1NC(=O)c1ccccc1Sc1ccc(Br)cn1. The van der Waals surface area contributed by atoms with Gasteiger partial charge in [-0.25, -0.2) is 4.98 Å². The fourth-order valence-electron chi connectivity index (χ4n) is 2.22. The number of hydrogen-bond donors (Lipinski definition) is 1. The van der Waals surface area contributed by atoms with Gasteiger partial charge in [0.25, 0.3) is 5.91 Å². The number of para-hydroxylation sites is 2. The third-order valence-corrected chi connectivity index (χ3v) is 4.90. The Labute approximate surface area is 158 Å². The number of nitrogens with zero attached hydrogens (tertiary/aromatic N) is 1. The highest BCUT2D eigenvalue weighted by atomic mass is 79.9. The Morgan fingerprint density at radius 1 is 1.08 bits per heavy atom. The summed E-state index contributed by atoms with van der Waals surface area (Å²) in [5, 5.41) is 3.73. The summed E-state index contributed by atoms with van der Waals surface area (Å²) in [6, 6.07) is 18.6. The Hall–Kier alpha value is -2.31. The van der Waals surface area contributed by atoms with Crippen molar-refractivity contribution in [1.29, 1.82) is 0 Å². The van der Waals surface area contributed by atoms with Gasteiger partial charge in [-0.2, -0.15) is 0 Å². The Bertz CT molecular complexity index is 885. The van der Waals surface area contributed by atoms with Crippen LogP contribution >= 0.6 is 27.7 Å². The summed E-state index contributed by atoms with van der Waals surface area (Å²) in [6.45, 7) is 0. The Morgan fingerprint density at radius 3 is 2.60 bits per heavy atom. The van der Waals surface area contributed by atoms with E-state index in [2.05, 4.69) is 26.2 Å². The van der Waals surface area contributed by atoms with Gasteiger partial charge in [0, 0.05) is 15.6 Å². The topological polar surface area (TPSA) is 51.2 Å². The standard InChI is InChI=1S/C19H15BrN2O2S/c1-24-16-8-4-3-7-15(16)22-19(23)14-6-2-5-9-17(14)25-18-11-10-13(20)12-21-18/h2-12H,1H3,(H,22,23). The van der Waals surface area contributed by atoms with Crippen LogP contribution in [0.5, 0.6) is 5.75 Å². The molecule has 0 aliphatic carbocycles. The number of halogens is 1. The van der Waals surface area contributed by atoms with Crippen LogP contribution in [0.1, 0.15) is 10.4 Å². The Morgan fingerprint density at radius 2 is 1.84 bits per heavy atom. The first kappa shape index (κ1) is 17.5. The molecule has 0 aliphatic heterocycles. The van der Waals surface area contributed by atoms with E-state index in [1.807, 2.05) is 54.6 Å². The van der Waals surface area contributed by atoms with Gasteiger partial charge in [0.15, 0.2) is 0 Å². The lowest BCUT2D eigenvalue weighted by Crippen LogP contribution is -2.13. The molecule has 3 rings (SSSR count). The highest BCUT2D eigenvalue weighted by Gasteiger charge is 2.14. The molecule has 0 spiro atoms.